The van der Waals surface area contributed by atoms with Gasteiger partial charge in [0.2, 0.25) is 0 Å². The number of thiazole rings is 1. The minimum atomic E-state index is -0.172. The lowest BCUT2D eigenvalue weighted by atomic mass is 10.3. The van der Waals surface area contributed by atoms with Crippen LogP contribution in [-0.2, 0) is 4.74 Å². The van der Waals surface area contributed by atoms with Crippen molar-refractivity contribution in [2.24, 2.45) is 0 Å². The third kappa shape index (κ3) is 3.20. The van der Waals surface area contributed by atoms with Gasteiger partial charge in [0.25, 0.3) is 5.91 Å². The molecule has 0 bridgehead atoms. The maximum absolute atomic E-state index is 12.8. The molecule has 0 spiro atoms. The Labute approximate surface area is 176 Å². The number of thiophene rings is 1. The van der Waals surface area contributed by atoms with Gasteiger partial charge in [0.05, 0.1) is 22.4 Å². The summed E-state index contributed by atoms with van der Waals surface area (Å²) < 4.78 is 12.7. The second-order valence-electron chi connectivity index (χ2n) is 6.34. The normalized spacial score (nSPS) is 14.9. The largest absolute Gasteiger partial charge is 0.441 e. The Morgan fingerprint density at radius 1 is 1.25 bits per heavy atom. The Balaban J connectivity index is 1.40. The number of oxazole rings is 1. The molecule has 0 atom stereocenters. The number of hydrogen-bond acceptors (Lipinski definition) is 8. The van der Waals surface area contributed by atoms with Crippen LogP contribution in [0.15, 0.2) is 27.1 Å². The first-order valence-electron chi connectivity index (χ1n) is 8.68. The molecular weight excluding hydrogens is 464 g/mol. The van der Waals surface area contributed by atoms with Gasteiger partial charge in [0.1, 0.15) is 15.2 Å². The summed E-state index contributed by atoms with van der Waals surface area (Å²) >= 11 is 6.59. The third-order valence-electron chi connectivity index (χ3n) is 4.42. The monoisotopic (exact) mass is 478 g/mol. The van der Waals surface area contributed by atoms with Crippen molar-refractivity contribution in [2.75, 3.05) is 36.5 Å². The first-order valence-corrected chi connectivity index (χ1v) is 11.1. The van der Waals surface area contributed by atoms with E-state index in [1.807, 2.05) is 18.2 Å². The van der Waals surface area contributed by atoms with Crippen LogP contribution in [0, 0.1) is 6.92 Å². The van der Waals surface area contributed by atoms with Crippen molar-refractivity contribution in [2.45, 2.75) is 6.92 Å². The van der Waals surface area contributed by atoms with Crippen LogP contribution in [-0.4, -0.2) is 42.2 Å². The quantitative estimate of drug-likeness (QED) is 0.461. The van der Waals surface area contributed by atoms with Gasteiger partial charge in [0.15, 0.2) is 16.6 Å². The number of anilines is 2. The van der Waals surface area contributed by atoms with Crippen molar-refractivity contribution < 1.29 is 13.9 Å². The molecule has 1 N–H and O–H groups in total. The highest BCUT2D eigenvalue weighted by atomic mass is 79.9. The molecule has 1 fully saturated rings. The molecule has 3 aromatic heterocycles. The molecule has 1 amide bonds. The highest BCUT2D eigenvalue weighted by molar-refractivity contribution is 9.10. The first-order chi connectivity index (χ1) is 13.6. The predicted molar refractivity (Wildman–Crippen MR) is 115 cm³/mol. The van der Waals surface area contributed by atoms with Crippen LogP contribution in [0.3, 0.4) is 0 Å². The number of halogens is 1. The topological polar surface area (TPSA) is 80.5 Å². The van der Waals surface area contributed by atoms with Crippen LogP contribution in [0.4, 0.5) is 10.8 Å². The van der Waals surface area contributed by atoms with Gasteiger partial charge in [0, 0.05) is 25.7 Å². The fourth-order valence-electron chi connectivity index (χ4n) is 3.09. The van der Waals surface area contributed by atoms with E-state index in [2.05, 4.69) is 31.1 Å². The third-order valence-corrected chi connectivity index (χ3v) is 8.09. The number of carbonyl (C=O) groups excluding carboxylic acids is 1. The van der Waals surface area contributed by atoms with E-state index < -0.39 is 0 Å². The van der Waals surface area contributed by atoms with E-state index in [1.165, 1.54) is 11.3 Å². The van der Waals surface area contributed by atoms with Crippen molar-refractivity contribution in [1.82, 2.24) is 9.97 Å². The molecule has 0 saturated carbocycles. The highest BCUT2D eigenvalue weighted by Crippen LogP contribution is 2.42. The molecule has 0 aliphatic carbocycles. The molecule has 5 rings (SSSR count). The predicted octanol–water partition coefficient (Wildman–Crippen LogP) is 4.66. The van der Waals surface area contributed by atoms with Gasteiger partial charge in [-0.3, -0.25) is 4.79 Å². The number of morpholine rings is 1. The van der Waals surface area contributed by atoms with E-state index in [0.717, 1.165) is 51.0 Å². The van der Waals surface area contributed by atoms with Crippen LogP contribution in [0.1, 0.15) is 15.6 Å². The summed E-state index contributed by atoms with van der Waals surface area (Å²) in [6.07, 6.45) is 0. The number of carbonyl (C=O) groups is 1. The van der Waals surface area contributed by atoms with Crippen LogP contribution in [0.25, 0.3) is 20.6 Å². The minimum Gasteiger partial charge on any atom is -0.441 e. The Kier molecular flexibility index (Phi) is 4.58. The summed E-state index contributed by atoms with van der Waals surface area (Å²) in [5.74, 6) is 0.427. The van der Waals surface area contributed by atoms with Crippen LogP contribution in [0.5, 0.6) is 0 Å². The van der Waals surface area contributed by atoms with Crippen LogP contribution >= 0.6 is 38.6 Å². The number of nitrogens with one attached hydrogen (secondary N) is 1. The second kappa shape index (κ2) is 7.11. The van der Waals surface area contributed by atoms with Gasteiger partial charge < -0.3 is 19.4 Å². The minimum absolute atomic E-state index is 0.172. The summed E-state index contributed by atoms with van der Waals surface area (Å²) in [6.45, 7) is 4.92. The zero-order chi connectivity index (χ0) is 19.3. The first kappa shape index (κ1) is 18.0. The molecule has 28 heavy (non-hydrogen) atoms. The van der Waals surface area contributed by atoms with Crippen LogP contribution in [0.2, 0.25) is 0 Å². The summed E-state index contributed by atoms with van der Waals surface area (Å²) in [4.78, 5) is 25.5. The summed E-state index contributed by atoms with van der Waals surface area (Å²) in [7, 11) is 0. The van der Waals surface area contributed by atoms with E-state index >= 15 is 0 Å². The lowest BCUT2D eigenvalue weighted by molar-refractivity contribution is 0.103. The molecule has 1 aromatic carbocycles. The van der Waals surface area contributed by atoms with E-state index in [1.54, 1.807) is 18.3 Å². The van der Waals surface area contributed by atoms with Gasteiger partial charge in [-0.15, -0.1) is 11.3 Å². The van der Waals surface area contributed by atoms with Crippen molar-refractivity contribution >= 4 is 76.0 Å². The molecule has 10 heteroatoms. The number of aromatic nitrogens is 2. The van der Waals surface area contributed by atoms with Gasteiger partial charge in [-0.05, 0) is 34.1 Å². The molecule has 4 aromatic rings. The number of fused-ring (bicyclic) bond motifs is 2. The lowest BCUT2D eigenvalue weighted by Crippen LogP contribution is -2.36. The molecular formula is C18H15BrN4O3S2. The van der Waals surface area contributed by atoms with E-state index in [-0.39, 0.29) is 5.91 Å². The number of rotatable bonds is 3. The molecule has 4 heterocycles. The lowest BCUT2D eigenvalue weighted by Gasteiger charge is -2.25. The molecule has 1 aliphatic rings. The maximum atomic E-state index is 12.8. The number of benzene rings is 1. The Hall–Kier alpha value is -2.01. The molecule has 7 nitrogen and oxygen atoms in total. The van der Waals surface area contributed by atoms with Gasteiger partial charge in [-0.1, -0.05) is 11.3 Å². The SMILES string of the molecule is Cc1nc2cc(NC(=O)c3sc4nc(N5CCOCC5)sc4c3Br)ccc2o1. The second-order valence-corrected chi connectivity index (χ2v) is 9.11. The highest BCUT2D eigenvalue weighted by Gasteiger charge is 2.23. The Morgan fingerprint density at radius 2 is 2.07 bits per heavy atom. The number of hydrogen-bond donors (Lipinski definition) is 1. The molecule has 144 valence electrons. The summed E-state index contributed by atoms with van der Waals surface area (Å²) in [5.41, 5.74) is 2.10. The van der Waals surface area contributed by atoms with Crippen LogP contribution < -0.4 is 10.2 Å². The molecule has 1 saturated heterocycles. The fourth-order valence-corrected chi connectivity index (χ4v) is 6.26. The molecule has 1 aliphatic heterocycles. The molecule has 0 radical (unpaired) electrons. The number of ether oxygens (including phenoxy) is 1. The van der Waals surface area contributed by atoms with E-state index in [0.29, 0.717) is 22.0 Å². The Morgan fingerprint density at radius 3 is 2.86 bits per heavy atom. The van der Waals surface area contributed by atoms with Crippen molar-refractivity contribution in [1.29, 1.82) is 0 Å². The fraction of sp³-hybridized carbons (Fsp3) is 0.278. The standard InChI is InChI=1S/C18H15BrN4O3S2/c1-9-20-11-8-10(2-3-12(11)26-9)21-16(24)14-13(19)15-17(27-14)22-18(28-15)23-4-6-25-7-5-23/h2-3,8H,4-7H2,1H3,(H,21,24). The average molecular weight is 479 g/mol. The van der Waals surface area contributed by atoms with Crippen molar-refractivity contribution in [3.8, 4) is 0 Å². The number of nitrogens with zero attached hydrogens (tertiary/aromatic N) is 3. The number of amides is 1. The number of aryl methyl sites for hydroxylation is 1. The van der Waals surface area contributed by atoms with Crippen molar-refractivity contribution in [3.05, 3.63) is 33.4 Å². The van der Waals surface area contributed by atoms with Crippen molar-refractivity contribution in [3.63, 3.8) is 0 Å². The van der Waals surface area contributed by atoms with Gasteiger partial charge in [-0.25, -0.2) is 9.97 Å². The van der Waals surface area contributed by atoms with Gasteiger partial charge >= 0.3 is 0 Å². The average Bonchev–Trinajstić information content (AvgIpc) is 3.35. The zero-order valence-corrected chi connectivity index (χ0v) is 18.0. The Bertz CT molecular complexity index is 1190. The summed E-state index contributed by atoms with van der Waals surface area (Å²) in [5, 5.41) is 3.91. The smallest absolute Gasteiger partial charge is 0.267 e. The van der Waals surface area contributed by atoms with E-state index in [4.69, 9.17) is 14.1 Å². The molecule has 0 unspecified atom stereocenters. The maximum Gasteiger partial charge on any atom is 0.267 e. The zero-order valence-electron chi connectivity index (χ0n) is 14.8. The van der Waals surface area contributed by atoms with E-state index in [9.17, 15) is 4.79 Å². The van der Waals surface area contributed by atoms with Gasteiger partial charge in [-0.2, -0.15) is 0 Å². The summed E-state index contributed by atoms with van der Waals surface area (Å²) in [6, 6.07) is 5.43.